The van der Waals surface area contributed by atoms with Crippen LogP contribution in [0.4, 0.5) is 25.2 Å². The summed E-state index contributed by atoms with van der Waals surface area (Å²) in [5.41, 5.74) is 3.98. The predicted molar refractivity (Wildman–Crippen MR) is 177 cm³/mol. The van der Waals surface area contributed by atoms with E-state index >= 15 is 0 Å². The molecule has 5 nitrogen and oxygen atoms in total. The Balaban J connectivity index is 0.000000284. The summed E-state index contributed by atoms with van der Waals surface area (Å²) >= 11 is 0. The smallest absolute Gasteiger partial charge is 0.871 e. The standard InChI is InChI=1S/C21H15NO3.C10H14.C5H5N.F6P.Ru/c23-19-16-10-3-4-11-17(16)20(24)18(19)21(25)22-12-14-8-5-7-13-6-1-2-9-15(13)14;1-8(2)10-6-4-9(3)5-7-10;1-2-4-6-5-3-1;1-7(2,3,4,5)6;/h1-11,23H,12H2,(H,22,25);4-8H,1-3H3;1-5H;;/q;;;-1;+2/p-1. The van der Waals surface area contributed by atoms with Gasteiger partial charge in [0.1, 0.15) is 0 Å². The Morgan fingerprint density at radius 3 is 1.80 bits per heavy atom. The second kappa shape index (κ2) is 16.3. The first-order valence-electron chi connectivity index (χ1n) is 14.6. The van der Waals surface area contributed by atoms with Gasteiger partial charge in [0, 0.05) is 24.5 Å². The van der Waals surface area contributed by atoms with E-state index in [4.69, 9.17) is 0 Å². The van der Waals surface area contributed by atoms with Crippen molar-refractivity contribution in [1.82, 2.24) is 10.3 Å². The van der Waals surface area contributed by atoms with Gasteiger partial charge in [-0.1, -0.05) is 122 Å². The first-order chi connectivity index (χ1) is 22.3. The molecule has 1 aliphatic rings. The third-order valence-electron chi connectivity index (χ3n) is 6.73. The molecule has 0 saturated heterocycles. The Morgan fingerprint density at radius 2 is 1.29 bits per heavy atom. The fourth-order valence-electron chi connectivity index (χ4n) is 4.43. The number of aromatic nitrogens is 1. The van der Waals surface area contributed by atoms with Crippen molar-refractivity contribution in [1.29, 1.82) is 0 Å². The van der Waals surface area contributed by atoms with Crippen LogP contribution in [0.2, 0.25) is 0 Å². The number of pyridine rings is 1. The zero-order valence-corrected chi connectivity index (χ0v) is 29.2. The van der Waals surface area contributed by atoms with E-state index in [0.717, 1.165) is 16.3 Å². The normalized spacial score (nSPS) is 13.1. The van der Waals surface area contributed by atoms with Crippen LogP contribution in [0.1, 0.15) is 52.4 Å². The van der Waals surface area contributed by atoms with Crippen LogP contribution in [0.15, 0.2) is 127 Å². The van der Waals surface area contributed by atoms with Gasteiger partial charge in [0.25, 0.3) is 5.91 Å². The average molecular weight is 788 g/mol. The molecule has 1 aliphatic carbocycles. The summed E-state index contributed by atoms with van der Waals surface area (Å²) in [7, 11) is -10.7. The van der Waals surface area contributed by atoms with Crippen molar-refractivity contribution in [3.63, 3.8) is 0 Å². The van der Waals surface area contributed by atoms with Crippen LogP contribution in [-0.4, -0.2) is 16.7 Å². The predicted octanol–water partition coefficient (Wildman–Crippen LogP) is 10.0. The summed E-state index contributed by atoms with van der Waals surface area (Å²) in [6, 6.07) is 34.6. The molecular formula is C36H33F6N2O3PRu. The van der Waals surface area contributed by atoms with Crippen LogP contribution in [0.5, 0.6) is 0 Å². The van der Waals surface area contributed by atoms with Gasteiger partial charge < -0.3 is 10.4 Å². The van der Waals surface area contributed by atoms with Crippen molar-refractivity contribution >= 4 is 36.0 Å². The Labute approximate surface area is 293 Å². The molecule has 13 heteroatoms. The van der Waals surface area contributed by atoms with Gasteiger partial charge in [-0.05, 0) is 52.4 Å². The Kier molecular flexibility index (Phi) is 13.6. The summed E-state index contributed by atoms with van der Waals surface area (Å²) < 4.78 is 59.2. The van der Waals surface area contributed by atoms with Crippen molar-refractivity contribution in [2.75, 3.05) is 0 Å². The number of benzene rings is 4. The topological polar surface area (TPSA) is 82.1 Å². The van der Waals surface area contributed by atoms with Crippen LogP contribution in [0, 0.1) is 6.92 Å². The maximum atomic E-state index is 12.5. The third kappa shape index (κ3) is 14.3. The SMILES string of the molecule is Cc1ccc(C(C)C)cc1.F[P-](F)(F)(F)(F)F.O=C(NCc1cccc2ccccc12)C1=C([O-])c2ccccc2C1=O.[Ru+2].c1ccncc1. The number of ketones is 1. The van der Waals surface area contributed by atoms with Crippen molar-refractivity contribution in [3.05, 3.63) is 155 Å². The second-order valence-corrected chi connectivity index (χ2v) is 12.9. The maximum absolute atomic E-state index is 12.5. The summed E-state index contributed by atoms with van der Waals surface area (Å²) in [6.07, 6.45) is 3.50. The third-order valence-corrected chi connectivity index (χ3v) is 6.73. The fraction of sp³-hybridized carbons (Fsp3) is 0.139. The van der Waals surface area contributed by atoms with Crippen LogP contribution in [0.25, 0.3) is 16.5 Å². The molecule has 260 valence electrons. The van der Waals surface area contributed by atoms with Gasteiger partial charge in [0.15, 0.2) is 5.78 Å². The first-order valence-corrected chi connectivity index (χ1v) is 16.6. The van der Waals surface area contributed by atoms with E-state index in [1.807, 2.05) is 60.7 Å². The molecule has 0 unspecified atom stereocenters. The van der Waals surface area contributed by atoms with Crippen molar-refractivity contribution in [3.8, 4) is 0 Å². The number of carbonyl (C=O) groups is 2. The number of nitrogens with one attached hydrogen (secondary N) is 1. The van der Waals surface area contributed by atoms with Gasteiger partial charge in [0.05, 0.1) is 5.57 Å². The number of Topliss-reactive ketones (excluding diaryl/α,β-unsaturated/α-hetero) is 1. The van der Waals surface area contributed by atoms with Crippen LogP contribution in [0.3, 0.4) is 0 Å². The van der Waals surface area contributed by atoms with E-state index in [1.165, 1.54) is 11.1 Å². The Bertz CT molecular complexity index is 1860. The van der Waals surface area contributed by atoms with E-state index in [-0.39, 0.29) is 31.6 Å². The number of halogens is 6. The molecule has 0 saturated carbocycles. The molecule has 0 bridgehead atoms. The number of hydrogen-bond acceptors (Lipinski definition) is 4. The summed E-state index contributed by atoms with van der Waals surface area (Å²) in [6.45, 7) is 6.79. The van der Waals surface area contributed by atoms with Crippen LogP contribution in [-0.2, 0) is 30.8 Å². The minimum atomic E-state index is -10.7. The van der Waals surface area contributed by atoms with Crippen LogP contribution >= 0.6 is 7.81 Å². The van der Waals surface area contributed by atoms with E-state index in [9.17, 15) is 39.9 Å². The average Bonchev–Trinajstić information content (AvgIpc) is 3.29. The Hall–Kier alpha value is -4.40. The number of fused-ring (bicyclic) bond motifs is 2. The molecule has 0 spiro atoms. The van der Waals surface area contributed by atoms with E-state index in [0.29, 0.717) is 17.0 Å². The molecule has 49 heavy (non-hydrogen) atoms. The number of rotatable bonds is 4. The molecule has 0 aliphatic heterocycles. The van der Waals surface area contributed by atoms with E-state index in [1.54, 1.807) is 36.7 Å². The molecule has 1 aromatic heterocycles. The number of hydrogen-bond donors (Lipinski definition) is 1. The van der Waals surface area contributed by atoms with E-state index in [2.05, 4.69) is 55.3 Å². The molecule has 0 atom stereocenters. The van der Waals surface area contributed by atoms with Gasteiger partial charge in [-0.2, -0.15) is 0 Å². The maximum Gasteiger partial charge on any atom is 2.00 e. The molecule has 0 radical (unpaired) electrons. The van der Waals surface area contributed by atoms with Crippen molar-refractivity contribution in [2.45, 2.75) is 33.2 Å². The Morgan fingerprint density at radius 1 is 0.755 bits per heavy atom. The van der Waals surface area contributed by atoms with E-state index < -0.39 is 25.3 Å². The molecule has 0 fully saturated rings. The van der Waals surface area contributed by atoms with Gasteiger partial charge in [-0.15, -0.1) is 0 Å². The summed E-state index contributed by atoms with van der Waals surface area (Å²) in [5.74, 6) is -0.980. The molecule has 1 N–H and O–H groups in total. The van der Waals surface area contributed by atoms with Gasteiger partial charge >= 0.3 is 52.5 Å². The number of carbonyl (C=O) groups excluding carboxylic acids is 2. The second-order valence-electron chi connectivity index (χ2n) is 10.9. The molecule has 4 aromatic carbocycles. The van der Waals surface area contributed by atoms with Crippen LogP contribution < -0.4 is 10.4 Å². The number of nitrogens with zero attached hydrogens (tertiary/aromatic N) is 1. The molecule has 5 aromatic rings. The quantitative estimate of drug-likeness (QED) is 0.0852. The number of aryl methyl sites for hydroxylation is 1. The molecule has 6 rings (SSSR count). The largest absolute Gasteiger partial charge is 2.00 e. The minimum absolute atomic E-state index is 0. The summed E-state index contributed by atoms with van der Waals surface area (Å²) in [5, 5.41) is 17.2. The minimum Gasteiger partial charge on any atom is -0.871 e. The zero-order chi connectivity index (χ0) is 35.6. The molecule has 1 heterocycles. The van der Waals surface area contributed by atoms with Crippen molar-refractivity contribution < 1.29 is 59.4 Å². The van der Waals surface area contributed by atoms with Gasteiger partial charge in [-0.3, -0.25) is 14.6 Å². The fourth-order valence-corrected chi connectivity index (χ4v) is 4.43. The molecule has 1 amide bonds. The summed E-state index contributed by atoms with van der Waals surface area (Å²) in [4.78, 5) is 28.6. The zero-order valence-electron chi connectivity index (χ0n) is 26.6. The number of amides is 1. The monoisotopic (exact) mass is 788 g/mol. The van der Waals surface area contributed by atoms with Gasteiger partial charge in [-0.25, -0.2) is 0 Å². The van der Waals surface area contributed by atoms with Crippen molar-refractivity contribution in [2.24, 2.45) is 0 Å². The van der Waals surface area contributed by atoms with Gasteiger partial charge in [0.2, 0.25) is 0 Å². The molecular weight excluding hydrogens is 754 g/mol. The first kappa shape index (κ1) is 40.8.